The maximum Gasteiger partial charge on any atom is 0.332 e. The van der Waals surface area contributed by atoms with Gasteiger partial charge in [0.1, 0.15) is 67.6 Å². The van der Waals surface area contributed by atoms with Crippen LogP contribution in [0.4, 0.5) is 0 Å². The Labute approximate surface area is 395 Å². The molecule has 67 heavy (non-hydrogen) atoms. The van der Waals surface area contributed by atoms with Gasteiger partial charge in [-0.2, -0.15) is 0 Å². The molecule has 0 aliphatic carbocycles. The second kappa shape index (κ2) is 32.3. The van der Waals surface area contributed by atoms with E-state index >= 15 is 0 Å². The smallest absolute Gasteiger partial charge is 0.332 e. The Morgan fingerprint density at radius 1 is 0.567 bits per heavy atom. The van der Waals surface area contributed by atoms with Crippen LogP contribution in [0.5, 0.6) is 0 Å². The van der Waals surface area contributed by atoms with Crippen molar-refractivity contribution in [3.8, 4) is 0 Å². The first-order valence-electron chi connectivity index (χ1n) is 25.0. The molecule has 0 radical (unpaired) electrons. The highest BCUT2D eigenvalue weighted by molar-refractivity contribution is 5.71. The number of carboxylic acid groups (broad SMARTS) is 1. The first-order valence-corrected chi connectivity index (χ1v) is 25.0. The van der Waals surface area contributed by atoms with Crippen molar-refractivity contribution in [3.05, 3.63) is 0 Å². The Kier molecular flexibility index (Phi) is 28.7. The first kappa shape index (κ1) is 59.6. The van der Waals surface area contributed by atoms with Crippen LogP contribution in [0.15, 0.2) is 0 Å². The first-order chi connectivity index (χ1) is 31.9. The van der Waals surface area contributed by atoms with Gasteiger partial charge >= 0.3 is 11.9 Å². The van der Waals surface area contributed by atoms with Gasteiger partial charge < -0.3 is 89.3 Å². The molecule has 0 aromatic heterocycles. The van der Waals surface area contributed by atoms with Crippen molar-refractivity contribution in [1.29, 1.82) is 0 Å². The van der Waals surface area contributed by atoms with Gasteiger partial charge in [0.05, 0.1) is 31.5 Å². The van der Waals surface area contributed by atoms with E-state index in [-0.39, 0.29) is 18.9 Å². The lowest BCUT2D eigenvalue weighted by molar-refractivity contribution is -0.380. The summed E-state index contributed by atoms with van der Waals surface area (Å²) in [7, 11) is 0. The fraction of sp³-hybridized carbons (Fsp3) is 0.957. The molecule has 20 heteroatoms. The standard InChI is InChI=1S/C47H86O20/c1-4-5-15-19-29(20-18-23-31(49)30(48)21-16-13-11-9-7-6-8-10-12-14-17-22-32(50)44(59)60)64-46-42(37(54)33(51)25-62-46)67-47-43(38(55)34(52)26-63-47)66-45-41(58)40(57)39(56)35(65-45)27-61-36(53)24-28(2)3/h28-35,37-43,45-52,54-58H,4-27H2,1-3H3,(H,59,60)/t29?,30?,31?,32?,33-,34-,35-,37+,38+,39-,40+,41-,42-,43-,45+,46+,47+/m1/s1. The number of aliphatic hydroxyl groups is 10. The SMILES string of the molecule is CCCCCC(CCCC(O)C(O)CCCCCCCCCCCCCC(O)C(=O)O)O[C@@H]1OC[C@@H](O)[C@H](O)[C@H]1O[C@@H]1OC[C@@H](O)[C@H](O)[C@H]1O[C@@H]1O[C@H](COC(=O)CC(C)C)[C@@H](O)[C@H](O)[C@H]1O. The average Bonchev–Trinajstić information content (AvgIpc) is 3.28. The van der Waals surface area contributed by atoms with E-state index in [9.17, 15) is 60.7 Å². The summed E-state index contributed by atoms with van der Waals surface area (Å²) in [4.78, 5) is 22.9. The molecule has 0 aromatic carbocycles. The minimum absolute atomic E-state index is 0.0127. The molecule has 4 unspecified atom stereocenters. The van der Waals surface area contributed by atoms with Crippen LogP contribution in [-0.2, 0) is 42.7 Å². The number of aliphatic carboxylic acids is 1. The summed E-state index contributed by atoms with van der Waals surface area (Å²) in [6, 6.07) is 0. The van der Waals surface area contributed by atoms with Crippen LogP contribution in [0.1, 0.15) is 156 Å². The molecular formula is C47H86O20. The summed E-state index contributed by atoms with van der Waals surface area (Å²) < 4.78 is 40.9. The molecule has 394 valence electrons. The lowest BCUT2D eigenvalue weighted by atomic mass is 9.98. The third kappa shape index (κ3) is 21.3. The number of carboxylic acids is 1. The Hall–Kier alpha value is -1.70. The molecule has 11 N–H and O–H groups in total. The molecule has 0 bridgehead atoms. The summed E-state index contributed by atoms with van der Waals surface area (Å²) in [5.74, 6) is -1.76. The van der Waals surface area contributed by atoms with E-state index in [1.165, 1.54) is 0 Å². The third-order valence-electron chi connectivity index (χ3n) is 12.8. The highest BCUT2D eigenvalue weighted by Crippen LogP contribution is 2.32. The molecule has 17 atom stereocenters. The largest absolute Gasteiger partial charge is 0.479 e. The zero-order chi connectivity index (χ0) is 49.5. The lowest BCUT2D eigenvalue weighted by Crippen LogP contribution is -2.64. The number of rotatable bonds is 34. The van der Waals surface area contributed by atoms with Crippen molar-refractivity contribution in [3.63, 3.8) is 0 Å². The van der Waals surface area contributed by atoms with Crippen molar-refractivity contribution in [2.45, 2.75) is 260 Å². The Bertz CT molecular complexity index is 1330. The molecule has 20 nitrogen and oxygen atoms in total. The van der Waals surface area contributed by atoms with Crippen molar-refractivity contribution >= 4 is 11.9 Å². The summed E-state index contributed by atoms with van der Waals surface area (Å²) in [5, 5.41) is 115. The van der Waals surface area contributed by atoms with Crippen molar-refractivity contribution in [2.24, 2.45) is 5.92 Å². The summed E-state index contributed by atoms with van der Waals surface area (Å²) in [5.41, 5.74) is 0. The number of carbonyl (C=O) groups excluding carboxylic acids is 1. The van der Waals surface area contributed by atoms with Crippen LogP contribution in [0.25, 0.3) is 0 Å². The minimum atomic E-state index is -1.88. The van der Waals surface area contributed by atoms with E-state index in [0.717, 1.165) is 83.5 Å². The predicted molar refractivity (Wildman–Crippen MR) is 239 cm³/mol. The molecule has 3 heterocycles. The van der Waals surface area contributed by atoms with Crippen molar-refractivity contribution < 1.29 is 98.9 Å². The number of ether oxygens (including phenoxy) is 7. The average molecular weight is 971 g/mol. The highest BCUT2D eigenvalue weighted by Gasteiger charge is 2.51. The van der Waals surface area contributed by atoms with Gasteiger partial charge in [-0.3, -0.25) is 4.79 Å². The minimum Gasteiger partial charge on any atom is -0.479 e. The third-order valence-corrected chi connectivity index (χ3v) is 12.8. The highest BCUT2D eigenvalue weighted by atomic mass is 16.8. The van der Waals surface area contributed by atoms with Gasteiger partial charge in [-0.05, 0) is 44.4 Å². The molecule has 3 rings (SSSR count). The van der Waals surface area contributed by atoms with Gasteiger partial charge in [-0.1, -0.05) is 111 Å². The van der Waals surface area contributed by atoms with Crippen LogP contribution in [0.3, 0.4) is 0 Å². The monoisotopic (exact) mass is 971 g/mol. The molecule has 3 aliphatic heterocycles. The van der Waals surface area contributed by atoms with Crippen LogP contribution < -0.4 is 0 Å². The zero-order valence-corrected chi connectivity index (χ0v) is 40.0. The fourth-order valence-electron chi connectivity index (χ4n) is 8.54. The quantitative estimate of drug-likeness (QED) is 0.0323. The number of carbonyl (C=O) groups is 2. The Morgan fingerprint density at radius 2 is 1.04 bits per heavy atom. The number of hydrogen-bond acceptors (Lipinski definition) is 19. The molecule has 3 fully saturated rings. The van der Waals surface area contributed by atoms with E-state index in [4.69, 9.17) is 38.3 Å². The topological polar surface area (TPSA) is 321 Å². The predicted octanol–water partition coefficient (Wildman–Crippen LogP) is 1.68. The van der Waals surface area contributed by atoms with Crippen LogP contribution in [0, 0.1) is 5.92 Å². The molecule has 3 aliphatic rings. The van der Waals surface area contributed by atoms with Crippen LogP contribution >= 0.6 is 0 Å². The van der Waals surface area contributed by atoms with Crippen molar-refractivity contribution in [1.82, 2.24) is 0 Å². The molecule has 0 spiro atoms. The summed E-state index contributed by atoms with van der Waals surface area (Å²) >= 11 is 0. The van der Waals surface area contributed by atoms with Gasteiger partial charge in [0.25, 0.3) is 0 Å². The van der Waals surface area contributed by atoms with Crippen molar-refractivity contribution in [2.75, 3.05) is 19.8 Å². The molecule has 0 saturated carbocycles. The lowest BCUT2D eigenvalue weighted by Gasteiger charge is -2.46. The number of unbranched alkanes of at least 4 members (excludes halogenated alkanes) is 12. The zero-order valence-electron chi connectivity index (χ0n) is 40.0. The summed E-state index contributed by atoms with van der Waals surface area (Å²) in [6.45, 7) is 4.44. The number of esters is 1. The van der Waals surface area contributed by atoms with Gasteiger partial charge in [0.2, 0.25) is 0 Å². The maximum absolute atomic E-state index is 12.2. The molecule has 0 amide bonds. The Morgan fingerprint density at radius 3 is 1.60 bits per heavy atom. The van der Waals surface area contributed by atoms with Gasteiger partial charge in [0, 0.05) is 6.42 Å². The second-order valence-electron chi connectivity index (χ2n) is 19.2. The van der Waals surface area contributed by atoms with Crippen LogP contribution in [-0.4, -0.2) is 192 Å². The second-order valence-corrected chi connectivity index (χ2v) is 19.2. The van der Waals surface area contributed by atoms with E-state index in [1.807, 2.05) is 13.8 Å². The van der Waals surface area contributed by atoms with E-state index in [1.54, 1.807) is 0 Å². The number of hydrogen-bond donors (Lipinski definition) is 11. The maximum atomic E-state index is 12.2. The van der Waals surface area contributed by atoms with E-state index in [0.29, 0.717) is 44.9 Å². The van der Waals surface area contributed by atoms with Gasteiger partial charge in [-0.25, -0.2) is 4.79 Å². The van der Waals surface area contributed by atoms with E-state index < -0.39 is 129 Å². The molecule has 0 aromatic rings. The summed E-state index contributed by atoms with van der Waals surface area (Å²) in [6.07, 6.45) is -7.87. The molecular weight excluding hydrogens is 884 g/mol. The Balaban J connectivity index is 1.51. The normalized spacial score (nSPS) is 32.2. The van der Waals surface area contributed by atoms with E-state index in [2.05, 4.69) is 6.92 Å². The molecule has 3 saturated heterocycles. The number of aliphatic hydroxyl groups excluding tert-OH is 10. The fourth-order valence-corrected chi connectivity index (χ4v) is 8.54. The van der Waals surface area contributed by atoms with Gasteiger partial charge in [0.15, 0.2) is 25.0 Å². The van der Waals surface area contributed by atoms with Gasteiger partial charge in [-0.15, -0.1) is 0 Å². The van der Waals surface area contributed by atoms with Crippen LogP contribution in [0.2, 0.25) is 0 Å².